The standard InChI is InChI=1S/C21H25ClN4O2S/c1-14(27)25-7-9-26(10-8-25)21-24-18-6-5-16(12-19(18)29-21)20(28)23-13-15-3-2-4-17(22)11-15/h2-4,11,16H,5-10,12-13H2,1H3,(H,23,28)/t16-/m0/s1. The minimum atomic E-state index is -0.00968. The van der Waals surface area contributed by atoms with E-state index in [1.54, 1.807) is 18.3 Å². The normalized spacial score (nSPS) is 19.0. The van der Waals surface area contributed by atoms with Crippen LogP contribution in [0.15, 0.2) is 24.3 Å². The first-order chi connectivity index (χ1) is 14.0. The van der Waals surface area contributed by atoms with Crippen molar-refractivity contribution in [1.82, 2.24) is 15.2 Å². The molecule has 2 amide bonds. The molecule has 6 nitrogen and oxygen atoms in total. The molecule has 0 saturated carbocycles. The van der Waals surface area contributed by atoms with Crippen LogP contribution in [0, 0.1) is 5.92 Å². The Hall–Kier alpha value is -2.12. The fraction of sp³-hybridized carbons (Fsp3) is 0.476. The van der Waals surface area contributed by atoms with Crippen LogP contribution < -0.4 is 10.2 Å². The van der Waals surface area contributed by atoms with Gasteiger partial charge in [0, 0.05) is 55.5 Å². The molecule has 0 spiro atoms. The van der Waals surface area contributed by atoms with E-state index in [0.29, 0.717) is 11.6 Å². The molecule has 1 aromatic heterocycles. The fourth-order valence-corrected chi connectivity index (χ4v) is 5.36. The molecular weight excluding hydrogens is 408 g/mol. The minimum absolute atomic E-state index is 0.00968. The molecule has 1 aromatic carbocycles. The lowest BCUT2D eigenvalue weighted by Crippen LogP contribution is -2.48. The van der Waals surface area contributed by atoms with Crippen LogP contribution in [0.2, 0.25) is 5.02 Å². The first-order valence-electron chi connectivity index (χ1n) is 10.0. The molecule has 0 unspecified atom stereocenters. The Morgan fingerprint density at radius 2 is 2.07 bits per heavy atom. The number of anilines is 1. The zero-order valence-corrected chi connectivity index (χ0v) is 18.1. The number of thiazole rings is 1. The molecule has 2 aliphatic rings. The van der Waals surface area contributed by atoms with Gasteiger partial charge >= 0.3 is 0 Å². The quantitative estimate of drug-likeness (QED) is 0.806. The first kappa shape index (κ1) is 20.2. The van der Waals surface area contributed by atoms with Crippen molar-refractivity contribution in [2.24, 2.45) is 5.92 Å². The number of hydrogen-bond acceptors (Lipinski definition) is 5. The predicted molar refractivity (Wildman–Crippen MR) is 115 cm³/mol. The van der Waals surface area contributed by atoms with E-state index in [0.717, 1.165) is 61.8 Å². The van der Waals surface area contributed by atoms with Crippen LogP contribution in [0.1, 0.15) is 29.5 Å². The number of fused-ring (bicyclic) bond motifs is 1. The molecule has 0 radical (unpaired) electrons. The van der Waals surface area contributed by atoms with Crippen LogP contribution in [-0.4, -0.2) is 47.9 Å². The number of nitrogens with one attached hydrogen (secondary N) is 1. The van der Waals surface area contributed by atoms with E-state index in [4.69, 9.17) is 16.6 Å². The van der Waals surface area contributed by atoms with Gasteiger partial charge in [-0.2, -0.15) is 0 Å². The SMILES string of the molecule is CC(=O)N1CCN(c2nc3c(s2)C[C@@H](C(=O)NCc2cccc(Cl)c2)CC3)CC1. The van der Waals surface area contributed by atoms with Gasteiger partial charge < -0.3 is 15.1 Å². The number of carbonyl (C=O) groups is 2. The number of piperazine rings is 1. The highest BCUT2D eigenvalue weighted by molar-refractivity contribution is 7.15. The third kappa shape index (κ3) is 4.73. The largest absolute Gasteiger partial charge is 0.352 e. The Morgan fingerprint density at radius 1 is 1.28 bits per heavy atom. The highest BCUT2D eigenvalue weighted by Crippen LogP contribution is 2.34. The lowest BCUT2D eigenvalue weighted by atomic mass is 9.90. The number of benzene rings is 1. The van der Waals surface area contributed by atoms with Crippen molar-refractivity contribution in [3.8, 4) is 0 Å². The maximum absolute atomic E-state index is 12.7. The van der Waals surface area contributed by atoms with Crippen molar-refractivity contribution in [1.29, 1.82) is 0 Å². The second-order valence-corrected chi connectivity index (χ2v) is 9.15. The average Bonchev–Trinajstić information content (AvgIpc) is 3.15. The van der Waals surface area contributed by atoms with Gasteiger partial charge in [-0.05, 0) is 37.0 Å². The van der Waals surface area contributed by atoms with E-state index in [9.17, 15) is 9.59 Å². The van der Waals surface area contributed by atoms with Gasteiger partial charge in [0.25, 0.3) is 0 Å². The second kappa shape index (κ2) is 8.71. The Kier molecular flexibility index (Phi) is 6.06. The number of halogens is 1. The number of hydrogen-bond donors (Lipinski definition) is 1. The van der Waals surface area contributed by atoms with Crippen molar-refractivity contribution in [2.45, 2.75) is 32.7 Å². The van der Waals surface area contributed by atoms with Gasteiger partial charge in [0.15, 0.2) is 5.13 Å². The number of nitrogens with zero attached hydrogens (tertiary/aromatic N) is 3. The Labute approximate surface area is 179 Å². The second-order valence-electron chi connectivity index (χ2n) is 7.65. The number of aryl methyl sites for hydroxylation is 1. The monoisotopic (exact) mass is 432 g/mol. The van der Waals surface area contributed by atoms with Crippen molar-refractivity contribution in [2.75, 3.05) is 31.1 Å². The minimum Gasteiger partial charge on any atom is -0.352 e. The topological polar surface area (TPSA) is 65.5 Å². The molecule has 2 aromatic rings. The maximum atomic E-state index is 12.7. The van der Waals surface area contributed by atoms with Crippen LogP contribution in [0.4, 0.5) is 5.13 Å². The Balaban J connectivity index is 1.34. The number of amides is 2. The maximum Gasteiger partial charge on any atom is 0.223 e. The zero-order chi connectivity index (χ0) is 20.4. The summed E-state index contributed by atoms with van der Waals surface area (Å²) >= 11 is 7.72. The summed E-state index contributed by atoms with van der Waals surface area (Å²) in [6.07, 6.45) is 2.42. The molecule has 1 N–H and O–H groups in total. The van der Waals surface area contributed by atoms with Gasteiger partial charge in [-0.3, -0.25) is 9.59 Å². The van der Waals surface area contributed by atoms with Crippen LogP contribution in [0.25, 0.3) is 0 Å². The number of carbonyl (C=O) groups excluding carboxylic acids is 2. The Bertz CT molecular complexity index is 908. The Morgan fingerprint density at radius 3 is 2.79 bits per heavy atom. The summed E-state index contributed by atoms with van der Waals surface area (Å²) in [5.41, 5.74) is 2.14. The zero-order valence-electron chi connectivity index (χ0n) is 16.5. The van der Waals surface area contributed by atoms with E-state index in [2.05, 4.69) is 10.2 Å². The average molecular weight is 433 g/mol. The van der Waals surface area contributed by atoms with Gasteiger partial charge in [-0.15, -0.1) is 11.3 Å². The van der Waals surface area contributed by atoms with E-state index in [1.807, 2.05) is 29.2 Å². The molecule has 2 heterocycles. The summed E-state index contributed by atoms with van der Waals surface area (Å²) in [4.78, 5) is 34.4. The predicted octanol–water partition coefficient (Wildman–Crippen LogP) is 2.89. The van der Waals surface area contributed by atoms with Crippen LogP contribution >= 0.6 is 22.9 Å². The molecule has 0 bridgehead atoms. The lowest BCUT2D eigenvalue weighted by Gasteiger charge is -2.33. The molecule has 1 aliphatic carbocycles. The van der Waals surface area contributed by atoms with Crippen LogP contribution in [0.3, 0.4) is 0 Å². The molecule has 154 valence electrons. The summed E-state index contributed by atoms with van der Waals surface area (Å²) in [5.74, 6) is 0.222. The van der Waals surface area contributed by atoms with E-state index >= 15 is 0 Å². The summed E-state index contributed by atoms with van der Waals surface area (Å²) in [7, 11) is 0. The lowest BCUT2D eigenvalue weighted by molar-refractivity contribution is -0.129. The third-order valence-corrected chi connectivity index (χ3v) is 7.07. The summed E-state index contributed by atoms with van der Waals surface area (Å²) in [6, 6.07) is 7.57. The van der Waals surface area contributed by atoms with Gasteiger partial charge in [0.2, 0.25) is 11.8 Å². The summed E-state index contributed by atoms with van der Waals surface area (Å²) in [5, 5.41) is 4.76. The molecular formula is C21H25ClN4O2S. The van der Waals surface area contributed by atoms with Crippen molar-refractivity contribution in [3.63, 3.8) is 0 Å². The molecule has 4 rings (SSSR count). The number of rotatable bonds is 4. The van der Waals surface area contributed by atoms with Crippen molar-refractivity contribution >= 4 is 39.9 Å². The van der Waals surface area contributed by atoms with E-state index in [-0.39, 0.29) is 17.7 Å². The third-order valence-electron chi connectivity index (χ3n) is 5.65. The van der Waals surface area contributed by atoms with E-state index in [1.165, 1.54) is 4.88 Å². The molecule has 8 heteroatoms. The first-order valence-corrected chi connectivity index (χ1v) is 11.2. The molecule has 1 aliphatic heterocycles. The van der Waals surface area contributed by atoms with Crippen LogP contribution in [-0.2, 0) is 29.0 Å². The van der Waals surface area contributed by atoms with Gasteiger partial charge in [-0.1, -0.05) is 23.7 Å². The van der Waals surface area contributed by atoms with Gasteiger partial charge in [-0.25, -0.2) is 4.98 Å². The molecule has 1 fully saturated rings. The molecule has 1 saturated heterocycles. The van der Waals surface area contributed by atoms with E-state index < -0.39 is 0 Å². The summed E-state index contributed by atoms with van der Waals surface area (Å²) < 4.78 is 0. The van der Waals surface area contributed by atoms with Crippen LogP contribution in [0.5, 0.6) is 0 Å². The van der Waals surface area contributed by atoms with Crippen molar-refractivity contribution < 1.29 is 9.59 Å². The van der Waals surface area contributed by atoms with Gasteiger partial charge in [0.1, 0.15) is 0 Å². The highest BCUT2D eigenvalue weighted by Gasteiger charge is 2.29. The summed E-state index contributed by atoms with van der Waals surface area (Å²) in [6.45, 7) is 5.24. The van der Waals surface area contributed by atoms with Crippen molar-refractivity contribution in [3.05, 3.63) is 45.4 Å². The number of aromatic nitrogens is 1. The molecule has 29 heavy (non-hydrogen) atoms. The van der Waals surface area contributed by atoms with Gasteiger partial charge in [0.05, 0.1) is 5.69 Å². The fourth-order valence-electron chi connectivity index (χ4n) is 3.91. The molecule has 1 atom stereocenters. The highest BCUT2D eigenvalue weighted by atomic mass is 35.5. The smallest absolute Gasteiger partial charge is 0.223 e.